The third kappa shape index (κ3) is 11.4. The van der Waals surface area contributed by atoms with Gasteiger partial charge in [-0.05, 0) is 245 Å². The maximum atomic E-state index is 3.68. The number of hydrogen-bond donors (Lipinski definition) is 1. The lowest BCUT2D eigenvalue weighted by atomic mass is 9.82. The maximum Gasteiger partial charge on any atom is 0.0541 e. The molecule has 0 unspecified atom stereocenters. The third-order valence-corrected chi connectivity index (χ3v) is 25.6. The Morgan fingerprint density at radius 2 is 0.522 bits per heavy atom. The van der Waals surface area contributed by atoms with Crippen molar-refractivity contribution in [1.82, 2.24) is 9.13 Å². The molecule has 0 radical (unpaired) electrons. The molecular weight excluding hydrogens is 1430 g/mol. The van der Waals surface area contributed by atoms with Gasteiger partial charge in [0.05, 0.1) is 22.1 Å². The third-order valence-electron chi connectivity index (χ3n) is 25.1. The minimum absolute atomic E-state index is 0.0473. The van der Waals surface area contributed by atoms with Crippen LogP contribution in [0.15, 0.2) is 368 Å². The van der Waals surface area contributed by atoms with Gasteiger partial charge in [0.15, 0.2) is 0 Å². The number of halogens is 1. The molecule has 0 spiro atoms. The summed E-state index contributed by atoms with van der Waals surface area (Å²) in [5.41, 5.74) is 39.8. The fraction of sp³-hybridized carbons (Fsp3) is 0.111. The summed E-state index contributed by atoms with van der Waals surface area (Å²) in [7, 11) is 0. The van der Waals surface area contributed by atoms with Gasteiger partial charge in [-0.15, -0.1) is 0 Å². The van der Waals surface area contributed by atoms with Crippen molar-refractivity contribution < 1.29 is 0 Å². The number of nitrogens with one attached hydrogen (secondary N) is 1. The molecule has 113 heavy (non-hydrogen) atoms. The van der Waals surface area contributed by atoms with Crippen LogP contribution in [0, 0.1) is 0 Å². The van der Waals surface area contributed by atoms with Gasteiger partial charge < -0.3 is 19.4 Å². The van der Waals surface area contributed by atoms with Crippen molar-refractivity contribution >= 4 is 88.0 Å². The molecule has 0 atom stereocenters. The van der Waals surface area contributed by atoms with Gasteiger partial charge in [-0.1, -0.05) is 302 Å². The molecule has 0 fully saturated rings. The Labute approximate surface area is 670 Å². The van der Waals surface area contributed by atoms with Crippen molar-refractivity contribution in [2.45, 2.75) is 77.0 Å². The number of fused-ring (bicyclic) bond motifs is 18. The van der Waals surface area contributed by atoms with Crippen LogP contribution in [0.2, 0.25) is 0 Å². The molecule has 0 amide bonds. The predicted molar refractivity (Wildman–Crippen MR) is 481 cm³/mol. The molecule has 0 bridgehead atoms. The van der Waals surface area contributed by atoms with Crippen LogP contribution < -0.4 is 10.2 Å². The monoisotopic (exact) mass is 1520 g/mol. The Morgan fingerprint density at radius 3 is 0.912 bits per heavy atom. The van der Waals surface area contributed by atoms with E-state index in [0.29, 0.717) is 0 Å². The second-order valence-corrected chi connectivity index (χ2v) is 33.9. The molecule has 5 heteroatoms. The van der Waals surface area contributed by atoms with Crippen LogP contribution in [0.5, 0.6) is 0 Å². The van der Waals surface area contributed by atoms with Gasteiger partial charge in [-0.3, -0.25) is 0 Å². The van der Waals surface area contributed by atoms with Gasteiger partial charge in [0.25, 0.3) is 0 Å². The van der Waals surface area contributed by atoms with E-state index in [1.807, 2.05) is 0 Å². The quantitative estimate of drug-likeness (QED) is 0.156. The van der Waals surface area contributed by atoms with Crippen LogP contribution in [0.25, 0.3) is 122 Å². The SMILES string of the molecule is Brc1ccc(-c2ccc3c(c2)c2ccccc2n3-c2ccccc2)cc1.CC1(C)c2ccccc2-c2cc(N(c3ccc(-c4ccc5c(c4)c4ccccc4n5-c4ccccc4)cc3)c3ccc4c(c3)-c3ccccc3C4(C)C)ccc21.CC1(C)c2ccccc2-c2cc(Nc3ccc4c(c3)-c3ccccc3C4(C)C)ccc21. The lowest BCUT2D eigenvalue weighted by molar-refractivity contribution is 0.660. The van der Waals surface area contributed by atoms with Gasteiger partial charge in [0.1, 0.15) is 0 Å². The van der Waals surface area contributed by atoms with Gasteiger partial charge in [-0.25, -0.2) is 0 Å². The molecule has 18 aromatic rings. The van der Waals surface area contributed by atoms with E-state index >= 15 is 0 Å². The Bertz CT molecular complexity index is 6620. The first kappa shape index (κ1) is 69.4. The maximum absolute atomic E-state index is 3.68. The zero-order valence-corrected chi connectivity index (χ0v) is 66.4. The lowest BCUT2D eigenvalue weighted by Crippen LogP contribution is -2.16. The molecule has 544 valence electrons. The zero-order chi connectivity index (χ0) is 76.7. The van der Waals surface area contributed by atoms with Gasteiger partial charge >= 0.3 is 0 Å². The van der Waals surface area contributed by atoms with Crippen molar-refractivity contribution in [2.75, 3.05) is 10.2 Å². The Hall–Kier alpha value is -12.8. The normalized spacial score (nSPS) is 14.2. The first-order valence-corrected chi connectivity index (χ1v) is 40.4. The van der Waals surface area contributed by atoms with E-state index < -0.39 is 0 Å². The van der Waals surface area contributed by atoms with Crippen molar-refractivity contribution in [2.24, 2.45) is 0 Å². The molecule has 22 rings (SSSR count). The van der Waals surface area contributed by atoms with Crippen molar-refractivity contribution in [3.05, 3.63) is 413 Å². The molecular formula is C108H85BrN4. The van der Waals surface area contributed by atoms with Crippen molar-refractivity contribution in [3.63, 3.8) is 0 Å². The molecule has 2 aromatic heterocycles. The van der Waals surface area contributed by atoms with Gasteiger partial charge in [0.2, 0.25) is 0 Å². The largest absolute Gasteiger partial charge is 0.355 e. The molecule has 4 nitrogen and oxygen atoms in total. The molecule has 2 heterocycles. The average molecular weight is 1520 g/mol. The van der Waals surface area contributed by atoms with E-state index in [1.165, 1.54) is 166 Å². The highest BCUT2D eigenvalue weighted by Gasteiger charge is 2.40. The highest BCUT2D eigenvalue weighted by Crippen LogP contribution is 2.56. The predicted octanol–water partition coefficient (Wildman–Crippen LogP) is 29.8. The summed E-state index contributed by atoms with van der Waals surface area (Å²) in [6.07, 6.45) is 0. The standard InChI is InChI=1S/C54H42N2.C30H27N.C24H16BrN/c1-53(2)47-19-11-8-16-41(47)44-33-39(27-29-49(44)53)55(40-28-30-50-45(34-40)42-17-9-12-20-48(42)54(50,3)4)38-25-22-35(23-26-38)36-24-31-52-46(32-36)43-18-10-13-21-51(43)56(52)37-14-6-5-7-15-37;1-29(2)25-11-7-5-9-21(25)23-17-19(13-15-27(23)29)31-20-14-16-28-24(18-20)22-10-6-8-12-26(22)30(28,3)4;25-19-13-10-17(11-14-19)18-12-15-24-22(16-18)21-8-4-5-9-23(21)26(24)20-6-2-1-3-7-20/h5-34H,1-4H3;5-18,31H,1-4H3;1-16H. The molecule has 1 N–H and O–H groups in total. The Kier molecular flexibility index (Phi) is 16.4. The summed E-state index contributed by atoms with van der Waals surface area (Å²) in [5, 5.41) is 8.77. The lowest BCUT2D eigenvalue weighted by Gasteiger charge is -2.28. The first-order valence-electron chi connectivity index (χ1n) is 39.6. The van der Waals surface area contributed by atoms with E-state index in [1.54, 1.807) is 0 Å². The number of nitrogens with zero attached hydrogens (tertiary/aromatic N) is 3. The number of rotatable bonds is 9. The zero-order valence-electron chi connectivity index (χ0n) is 64.9. The summed E-state index contributed by atoms with van der Waals surface area (Å²) >= 11 is 3.52. The summed E-state index contributed by atoms with van der Waals surface area (Å²) in [5.74, 6) is 0. The molecule has 0 saturated carbocycles. The number of hydrogen-bond acceptors (Lipinski definition) is 2. The Balaban J connectivity index is 0.000000122. The van der Waals surface area contributed by atoms with E-state index in [9.17, 15) is 0 Å². The number of aromatic nitrogens is 2. The van der Waals surface area contributed by atoms with Crippen LogP contribution in [0.3, 0.4) is 0 Å². The summed E-state index contributed by atoms with van der Waals surface area (Å²) in [4.78, 5) is 2.45. The van der Waals surface area contributed by atoms with Crippen molar-refractivity contribution in [3.8, 4) is 78.1 Å². The Morgan fingerprint density at radius 1 is 0.230 bits per heavy atom. The van der Waals surface area contributed by atoms with Crippen molar-refractivity contribution in [1.29, 1.82) is 0 Å². The number of benzene rings is 16. The minimum atomic E-state index is -0.0473. The fourth-order valence-electron chi connectivity index (χ4n) is 19.4. The summed E-state index contributed by atoms with van der Waals surface area (Å²) < 4.78 is 5.82. The minimum Gasteiger partial charge on any atom is -0.355 e. The van der Waals surface area contributed by atoms with E-state index in [2.05, 4.69) is 455 Å². The van der Waals surface area contributed by atoms with Gasteiger partial charge in [0, 0.05) is 87.5 Å². The number of para-hydroxylation sites is 4. The van der Waals surface area contributed by atoms with E-state index in [0.717, 1.165) is 32.9 Å². The highest BCUT2D eigenvalue weighted by molar-refractivity contribution is 9.10. The average Bonchev–Trinajstić information content (AvgIpc) is 1.65. The summed E-state index contributed by atoms with van der Waals surface area (Å²) in [6, 6.07) is 133. The van der Waals surface area contributed by atoms with Crippen LogP contribution in [-0.2, 0) is 21.7 Å². The number of anilines is 5. The van der Waals surface area contributed by atoms with Gasteiger partial charge in [-0.2, -0.15) is 0 Å². The topological polar surface area (TPSA) is 25.1 Å². The first-order chi connectivity index (χ1) is 55.0. The second-order valence-electron chi connectivity index (χ2n) is 33.0. The highest BCUT2D eigenvalue weighted by atomic mass is 79.9. The molecule has 0 aliphatic heterocycles. The second kappa shape index (κ2) is 26.7. The smallest absolute Gasteiger partial charge is 0.0541 e. The van der Waals surface area contributed by atoms with Crippen LogP contribution in [0.4, 0.5) is 28.4 Å². The van der Waals surface area contributed by atoms with Crippen LogP contribution in [0.1, 0.15) is 99.9 Å². The molecule has 4 aliphatic carbocycles. The fourth-order valence-corrected chi connectivity index (χ4v) is 19.6. The summed E-state index contributed by atoms with van der Waals surface area (Å²) in [6.45, 7) is 18.7. The molecule has 0 saturated heterocycles. The van der Waals surface area contributed by atoms with E-state index in [-0.39, 0.29) is 21.7 Å². The van der Waals surface area contributed by atoms with Crippen LogP contribution >= 0.6 is 15.9 Å². The molecule has 4 aliphatic rings. The molecule has 16 aromatic carbocycles. The van der Waals surface area contributed by atoms with Crippen LogP contribution in [-0.4, -0.2) is 9.13 Å². The van der Waals surface area contributed by atoms with E-state index in [4.69, 9.17) is 0 Å².